The second-order valence-corrected chi connectivity index (χ2v) is 12.2. The number of thioether (sulfide) groups is 1. The van der Waals surface area contributed by atoms with Crippen molar-refractivity contribution in [2.24, 2.45) is 4.99 Å². The average molecular weight is 712 g/mol. The fourth-order valence-electron chi connectivity index (χ4n) is 4.26. The van der Waals surface area contributed by atoms with Crippen molar-refractivity contribution >= 4 is 79.7 Å². The molecule has 1 heterocycles. The maximum atomic E-state index is 13.8. The molecular formula is C33H25BrCl2N2O5S. The second kappa shape index (κ2) is 14.3. The topological polar surface area (TPSA) is 88.4 Å². The zero-order chi connectivity index (χ0) is 31.2. The molecule has 0 atom stereocenters. The summed E-state index contributed by atoms with van der Waals surface area (Å²) in [4.78, 5) is 31.9. The van der Waals surface area contributed by atoms with Gasteiger partial charge in [0.1, 0.15) is 6.61 Å². The Hall–Kier alpha value is -3.76. The van der Waals surface area contributed by atoms with Crippen molar-refractivity contribution in [2.45, 2.75) is 20.1 Å². The minimum absolute atomic E-state index is 0.174. The monoisotopic (exact) mass is 710 g/mol. The zero-order valence-electron chi connectivity index (χ0n) is 23.3. The van der Waals surface area contributed by atoms with E-state index in [9.17, 15) is 14.7 Å². The van der Waals surface area contributed by atoms with Crippen LogP contribution in [-0.2, 0) is 17.9 Å². The summed E-state index contributed by atoms with van der Waals surface area (Å²) in [6, 6.07) is 24.7. The van der Waals surface area contributed by atoms with Gasteiger partial charge < -0.3 is 14.6 Å². The molecule has 4 aromatic rings. The molecule has 0 radical (unpaired) electrons. The lowest BCUT2D eigenvalue weighted by molar-refractivity contribution is -0.122. The van der Waals surface area contributed by atoms with Crippen molar-refractivity contribution in [3.63, 3.8) is 0 Å². The fraction of sp³-hybridized carbons (Fsp3) is 0.121. The number of benzene rings is 4. The fourth-order valence-corrected chi connectivity index (χ4v) is 6.15. The highest BCUT2D eigenvalue weighted by Gasteiger charge is 2.34. The van der Waals surface area contributed by atoms with Gasteiger partial charge in [-0.1, -0.05) is 75.5 Å². The van der Waals surface area contributed by atoms with Gasteiger partial charge in [-0.15, -0.1) is 0 Å². The molecule has 1 amide bonds. The molecule has 11 heteroatoms. The van der Waals surface area contributed by atoms with Gasteiger partial charge in [-0.2, -0.15) is 0 Å². The van der Waals surface area contributed by atoms with Crippen molar-refractivity contribution in [3.05, 3.63) is 127 Å². The van der Waals surface area contributed by atoms with Crippen molar-refractivity contribution in [1.29, 1.82) is 0 Å². The number of rotatable bonds is 10. The zero-order valence-corrected chi connectivity index (χ0v) is 27.2. The standard InChI is InChI=1S/C33H25BrCl2N2O5S/c1-2-42-28-14-23(26(34)17-29(28)43-19-22-12-13-24(35)16-27(22)36)15-30-31(39)38(18-20-8-10-21(11-9-20)32(40)41)33(44-30)37-25-6-4-3-5-7-25/h3-17H,2,18-19H2,1H3,(H,40,41)/b30-15-,37-33?. The lowest BCUT2D eigenvalue weighted by atomic mass is 10.1. The molecule has 0 aliphatic carbocycles. The van der Waals surface area contributed by atoms with Crippen LogP contribution in [0.1, 0.15) is 34.0 Å². The van der Waals surface area contributed by atoms with Gasteiger partial charge in [-0.3, -0.25) is 9.69 Å². The second-order valence-electron chi connectivity index (χ2n) is 9.51. The first kappa shape index (κ1) is 31.7. The van der Waals surface area contributed by atoms with E-state index in [-0.39, 0.29) is 24.6 Å². The molecule has 7 nitrogen and oxygen atoms in total. The Morgan fingerprint density at radius 2 is 1.73 bits per heavy atom. The highest BCUT2D eigenvalue weighted by atomic mass is 79.9. The summed E-state index contributed by atoms with van der Waals surface area (Å²) in [7, 11) is 0. The van der Waals surface area contributed by atoms with Crippen LogP contribution in [-0.4, -0.2) is 33.7 Å². The Morgan fingerprint density at radius 1 is 1.00 bits per heavy atom. The molecule has 0 unspecified atom stereocenters. The van der Waals surface area contributed by atoms with Gasteiger partial charge in [0.25, 0.3) is 5.91 Å². The molecule has 1 saturated heterocycles. The third-order valence-corrected chi connectivity index (χ3v) is 8.74. The molecule has 5 rings (SSSR count). The van der Waals surface area contributed by atoms with Gasteiger partial charge >= 0.3 is 5.97 Å². The first-order chi connectivity index (χ1) is 21.2. The highest BCUT2D eigenvalue weighted by molar-refractivity contribution is 9.10. The minimum Gasteiger partial charge on any atom is -0.490 e. The van der Waals surface area contributed by atoms with Crippen LogP contribution in [0.2, 0.25) is 10.0 Å². The van der Waals surface area contributed by atoms with Crippen LogP contribution in [0.15, 0.2) is 99.3 Å². The van der Waals surface area contributed by atoms with Crippen LogP contribution in [0, 0.1) is 0 Å². The van der Waals surface area contributed by atoms with Gasteiger partial charge in [-0.25, -0.2) is 9.79 Å². The van der Waals surface area contributed by atoms with Crippen LogP contribution < -0.4 is 9.47 Å². The van der Waals surface area contributed by atoms with E-state index in [2.05, 4.69) is 15.9 Å². The van der Waals surface area contributed by atoms with E-state index in [1.54, 1.807) is 41.3 Å². The van der Waals surface area contributed by atoms with Crippen LogP contribution in [0.25, 0.3) is 6.08 Å². The van der Waals surface area contributed by atoms with E-state index in [1.165, 1.54) is 23.9 Å². The largest absolute Gasteiger partial charge is 0.490 e. The molecule has 4 aromatic carbocycles. The number of amidine groups is 1. The third kappa shape index (κ3) is 7.65. The predicted octanol–water partition coefficient (Wildman–Crippen LogP) is 9.24. The minimum atomic E-state index is -1.01. The summed E-state index contributed by atoms with van der Waals surface area (Å²) in [5.74, 6) is -0.218. The van der Waals surface area contributed by atoms with E-state index in [4.69, 9.17) is 37.7 Å². The summed E-state index contributed by atoms with van der Waals surface area (Å²) in [5, 5.41) is 10.8. The predicted molar refractivity (Wildman–Crippen MR) is 179 cm³/mol. The number of carbonyl (C=O) groups excluding carboxylic acids is 1. The molecule has 0 aromatic heterocycles. The molecule has 1 aliphatic rings. The summed E-state index contributed by atoms with van der Waals surface area (Å²) in [6.45, 7) is 2.72. The number of carbonyl (C=O) groups is 2. The summed E-state index contributed by atoms with van der Waals surface area (Å²) >= 11 is 17.2. The van der Waals surface area contributed by atoms with Crippen LogP contribution in [0.3, 0.4) is 0 Å². The van der Waals surface area contributed by atoms with E-state index in [0.717, 1.165) is 11.1 Å². The smallest absolute Gasteiger partial charge is 0.335 e. The van der Waals surface area contributed by atoms with Crippen molar-refractivity contribution in [1.82, 2.24) is 4.90 Å². The summed E-state index contributed by atoms with van der Waals surface area (Å²) in [6.07, 6.45) is 1.79. The average Bonchev–Trinajstić information content (AvgIpc) is 3.28. The van der Waals surface area contributed by atoms with E-state index >= 15 is 0 Å². The number of carboxylic acid groups (broad SMARTS) is 1. The lowest BCUT2D eigenvalue weighted by Gasteiger charge is -2.16. The van der Waals surface area contributed by atoms with Crippen molar-refractivity contribution in [2.75, 3.05) is 6.61 Å². The Kier molecular flexibility index (Phi) is 10.3. The molecule has 0 bridgehead atoms. The number of hydrogen-bond acceptors (Lipinski definition) is 6. The van der Waals surface area contributed by atoms with E-state index in [0.29, 0.717) is 53.9 Å². The number of carboxylic acids is 1. The summed E-state index contributed by atoms with van der Waals surface area (Å²) in [5.41, 5.74) is 3.14. The normalized spacial score (nSPS) is 14.8. The number of amides is 1. The van der Waals surface area contributed by atoms with Gasteiger partial charge in [0, 0.05) is 20.1 Å². The van der Waals surface area contributed by atoms with Gasteiger partial charge in [0.2, 0.25) is 0 Å². The van der Waals surface area contributed by atoms with Crippen molar-refractivity contribution < 1.29 is 24.2 Å². The quantitative estimate of drug-likeness (QED) is 0.165. The maximum Gasteiger partial charge on any atom is 0.335 e. The number of hydrogen-bond donors (Lipinski definition) is 1. The lowest BCUT2D eigenvalue weighted by Crippen LogP contribution is -2.28. The number of aliphatic imine (C=N–C) groups is 1. The van der Waals surface area contributed by atoms with Gasteiger partial charge in [0.05, 0.1) is 29.3 Å². The van der Waals surface area contributed by atoms with Crippen LogP contribution in [0.4, 0.5) is 5.69 Å². The number of para-hydroxylation sites is 1. The highest BCUT2D eigenvalue weighted by Crippen LogP contribution is 2.40. The SMILES string of the molecule is CCOc1cc(/C=C2\SC(=Nc3ccccc3)N(Cc3ccc(C(=O)O)cc3)C2=O)c(Br)cc1OCc1ccc(Cl)cc1Cl. The van der Waals surface area contributed by atoms with Crippen LogP contribution >= 0.6 is 50.9 Å². The number of nitrogens with zero attached hydrogens (tertiary/aromatic N) is 2. The number of ether oxygens (including phenoxy) is 2. The molecule has 1 N–H and O–H groups in total. The Labute approximate surface area is 277 Å². The van der Waals surface area contributed by atoms with E-state index < -0.39 is 5.97 Å². The Balaban J connectivity index is 1.45. The summed E-state index contributed by atoms with van der Waals surface area (Å²) < 4.78 is 12.7. The maximum absolute atomic E-state index is 13.8. The first-order valence-electron chi connectivity index (χ1n) is 13.4. The Bertz CT molecular complexity index is 1760. The first-order valence-corrected chi connectivity index (χ1v) is 15.8. The molecule has 0 saturated carbocycles. The van der Waals surface area contributed by atoms with Crippen molar-refractivity contribution in [3.8, 4) is 11.5 Å². The molecule has 1 aliphatic heterocycles. The molecule has 0 spiro atoms. The van der Waals surface area contributed by atoms with E-state index in [1.807, 2.05) is 49.4 Å². The number of aromatic carboxylic acids is 1. The number of halogens is 3. The van der Waals surface area contributed by atoms with Gasteiger partial charge in [0.15, 0.2) is 16.7 Å². The molecular weight excluding hydrogens is 687 g/mol. The molecule has 224 valence electrons. The molecule has 1 fully saturated rings. The third-order valence-electron chi connectivity index (χ3n) is 6.46. The van der Waals surface area contributed by atoms with Crippen LogP contribution in [0.5, 0.6) is 11.5 Å². The Morgan fingerprint density at radius 3 is 2.41 bits per heavy atom. The van der Waals surface area contributed by atoms with Gasteiger partial charge in [-0.05, 0) is 84.4 Å². The molecule has 44 heavy (non-hydrogen) atoms.